The molecule has 0 unspecified atom stereocenters. The fraction of sp³-hybridized carbons (Fsp3) is 0.562. The molecule has 2 aliphatic rings. The molecule has 3 aromatic heterocycles. The van der Waals surface area contributed by atoms with Gasteiger partial charge in [-0.05, 0) is 67.7 Å². The Labute approximate surface area is 279 Å². The molecule has 0 amide bonds. The molecule has 0 spiro atoms. The summed E-state index contributed by atoms with van der Waals surface area (Å²) in [5.41, 5.74) is 2.43. The summed E-state index contributed by atoms with van der Waals surface area (Å²) < 4.78 is 26.9. The molecular weight excluding hydrogens is 624 g/mol. The van der Waals surface area contributed by atoms with Crippen molar-refractivity contribution in [1.82, 2.24) is 44.9 Å². The summed E-state index contributed by atoms with van der Waals surface area (Å²) in [6, 6.07) is 6.53. The third-order valence-electron chi connectivity index (χ3n) is 8.79. The van der Waals surface area contributed by atoms with Crippen LogP contribution in [0.2, 0.25) is 5.02 Å². The Morgan fingerprint density at radius 3 is 2.51 bits per heavy atom. The molecule has 1 aromatic carbocycles. The van der Waals surface area contributed by atoms with Gasteiger partial charge in [0.2, 0.25) is 5.95 Å². The van der Waals surface area contributed by atoms with Gasteiger partial charge < -0.3 is 24.3 Å². The minimum atomic E-state index is -0.205. The highest BCUT2D eigenvalue weighted by molar-refractivity contribution is 6.32. The van der Waals surface area contributed by atoms with Gasteiger partial charge in [-0.1, -0.05) is 17.7 Å². The van der Waals surface area contributed by atoms with E-state index in [1.54, 1.807) is 36.6 Å². The van der Waals surface area contributed by atoms with Crippen LogP contribution in [0.4, 0.5) is 11.6 Å². The van der Waals surface area contributed by atoms with Gasteiger partial charge in [0.1, 0.15) is 23.9 Å². The van der Waals surface area contributed by atoms with E-state index in [-0.39, 0.29) is 12.2 Å². The van der Waals surface area contributed by atoms with Gasteiger partial charge in [-0.15, -0.1) is 10.2 Å². The van der Waals surface area contributed by atoms with Crippen LogP contribution in [0.1, 0.15) is 52.0 Å². The van der Waals surface area contributed by atoms with E-state index in [4.69, 9.17) is 35.6 Å². The monoisotopic (exact) mass is 666 g/mol. The number of hydrogen-bond acceptors (Lipinski definition) is 12. The number of nitrogens with one attached hydrogen (secondary N) is 1. The normalized spacial score (nSPS) is 20.1. The summed E-state index contributed by atoms with van der Waals surface area (Å²) in [5, 5.41) is 20.0. The standard InChI is InChI=1S/C32H43ClN10O4/c1-22(44-3)10-13-46-31-29(20-43(38-31)27-7-5-26(6-8-27)41-11-14-45-15-12-41)37-32-34-17-25(18-35-32)24-4-9-28(33)30(16-24)47-23(2)19-42-21-36-39-40-42/h4,9,16-18,20-23,26-27H,5-8,10-15,19H2,1-3H3,(H,34,35,37)/t22-,23-,26-,27-/m0/s1. The Bertz CT molecular complexity index is 1540. The zero-order valence-electron chi connectivity index (χ0n) is 27.2. The third-order valence-corrected chi connectivity index (χ3v) is 9.10. The van der Waals surface area contributed by atoms with Gasteiger partial charge in [-0.3, -0.25) is 9.58 Å². The third kappa shape index (κ3) is 8.74. The largest absolute Gasteiger partial charge is 0.487 e. The number of methoxy groups -OCH3 is 1. The molecule has 1 aliphatic heterocycles. The second kappa shape index (κ2) is 15.8. The molecule has 15 heteroatoms. The van der Waals surface area contributed by atoms with Gasteiger partial charge in [0.05, 0.1) is 49.7 Å². The molecule has 252 valence electrons. The number of ether oxygens (including phenoxy) is 4. The lowest BCUT2D eigenvalue weighted by atomic mass is 9.90. The number of morpholine rings is 1. The minimum absolute atomic E-state index is 0.0906. The molecule has 4 aromatic rings. The highest BCUT2D eigenvalue weighted by Gasteiger charge is 2.29. The summed E-state index contributed by atoms with van der Waals surface area (Å²) in [6.07, 6.45) is 12.2. The van der Waals surface area contributed by atoms with Gasteiger partial charge >= 0.3 is 0 Å². The van der Waals surface area contributed by atoms with Crippen molar-refractivity contribution in [3.63, 3.8) is 0 Å². The van der Waals surface area contributed by atoms with Crippen LogP contribution >= 0.6 is 11.6 Å². The fourth-order valence-electron chi connectivity index (χ4n) is 6.04. The van der Waals surface area contributed by atoms with Gasteiger partial charge in [0.25, 0.3) is 5.88 Å². The Morgan fingerprint density at radius 2 is 1.79 bits per heavy atom. The average Bonchev–Trinajstić information content (AvgIpc) is 3.76. The van der Waals surface area contributed by atoms with Crippen molar-refractivity contribution in [1.29, 1.82) is 0 Å². The maximum Gasteiger partial charge on any atom is 0.256 e. The first-order valence-corrected chi connectivity index (χ1v) is 16.7. The summed E-state index contributed by atoms with van der Waals surface area (Å²) in [5.74, 6) is 1.54. The van der Waals surface area contributed by atoms with Crippen LogP contribution in [0.15, 0.2) is 43.1 Å². The van der Waals surface area contributed by atoms with Crippen molar-refractivity contribution in [3.05, 3.63) is 48.1 Å². The first-order valence-electron chi connectivity index (χ1n) is 16.3. The molecule has 0 bridgehead atoms. The summed E-state index contributed by atoms with van der Waals surface area (Å²) in [6.45, 7) is 8.64. The SMILES string of the molecule is CO[C@@H](C)CCOc1nn([C@H]2CC[C@H](N3CCOCC3)CC2)cc1Nc1ncc(-c2ccc(Cl)c(O[C@@H](C)Cn3cnnn3)c2)cn1. The summed E-state index contributed by atoms with van der Waals surface area (Å²) in [7, 11) is 1.71. The van der Waals surface area contributed by atoms with Crippen LogP contribution < -0.4 is 14.8 Å². The Morgan fingerprint density at radius 1 is 1.02 bits per heavy atom. The number of nitrogens with zero attached hydrogens (tertiary/aromatic N) is 9. The van der Waals surface area contributed by atoms with Crippen molar-refractivity contribution in [3.8, 4) is 22.8 Å². The summed E-state index contributed by atoms with van der Waals surface area (Å²) >= 11 is 6.46. The van der Waals surface area contributed by atoms with E-state index in [0.717, 1.165) is 75.2 Å². The number of tetrazole rings is 1. The molecule has 2 fully saturated rings. The molecule has 1 saturated carbocycles. The van der Waals surface area contributed by atoms with Crippen molar-refractivity contribution in [2.75, 3.05) is 45.3 Å². The highest BCUT2D eigenvalue weighted by Crippen LogP contribution is 2.35. The number of anilines is 2. The number of halogens is 1. The Balaban J connectivity index is 1.12. The van der Waals surface area contributed by atoms with E-state index in [9.17, 15) is 0 Å². The van der Waals surface area contributed by atoms with Gasteiger partial charge in [-0.2, -0.15) is 0 Å². The lowest BCUT2D eigenvalue weighted by Crippen LogP contribution is -2.45. The second-order valence-corrected chi connectivity index (χ2v) is 12.6. The number of rotatable bonds is 14. The van der Waals surface area contributed by atoms with Gasteiger partial charge in [0.15, 0.2) is 0 Å². The molecule has 47 heavy (non-hydrogen) atoms. The molecule has 1 N–H and O–H groups in total. The second-order valence-electron chi connectivity index (χ2n) is 12.1. The zero-order chi connectivity index (χ0) is 32.6. The van der Waals surface area contributed by atoms with Crippen LogP contribution in [-0.2, 0) is 16.0 Å². The molecule has 0 radical (unpaired) electrons. The van der Waals surface area contributed by atoms with E-state index in [1.165, 1.54) is 0 Å². The number of hydrogen-bond donors (Lipinski definition) is 1. The van der Waals surface area contributed by atoms with Crippen molar-refractivity contribution >= 4 is 23.2 Å². The zero-order valence-corrected chi connectivity index (χ0v) is 27.9. The maximum atomic E-state index is 6.46. The molecule has 14 nitrogen and oxygen atoms in total. The minimum Gasteiger partial charge on any atom is -0.487 e. The molecular formula is C32H43ClN10O4. The number of benzene rings is 1. The van der Waals surface area contributed by atoms with Crippen molar-refractivity contribution in [2.24, 2.45) is 0 Å². The van der Waals surface area contributed by atoms with Crippen LogP contribution in [0, 0.1) is 0 Å². The van der Waals surface area contributed by atoms with Crippen LogP contribution in [0.25, 0.3) is 11.1 Å². The fourth-order valence-corrected chi connectivity index (χ4v) is 6.20. The van der Waals surface area contributed by atoms with E-state index in [1.807, 2.05) is 32.2 Å². The molecule has 2 atom stereocenters. The smallest absolute Gasteiger partial charge is 0.256 e. The first-order chi connectivity index (χ1) is 22.9. The topological polar surface area (TPSA) is 139 Å². The lowest BCUT2D eigenvalue weighted by Gasteiger charge is -2.38. The quantitative estimate of drug-likeness (QED) is 0.198. The van der Waals surface area contributed by atoms with E-state index < -0.39 is 0 Å². The first kappa shape index (κ1) is 33.1. The van der Waals surface area contributed by atoms with Crippen molar-refractivity contribution < 1.29 is 18.9 Å². The predicted molar refractivity (Wildman–Crippen MR) is 176 cm³/mol. The van der Waals surface area contributed by atoms with Crippen molar-refractivity contribution in [2.45, 2.75) is 76.8 Å². The van der Waals surface area contributed by atoms with E-state index in [2.05, 4.69) is 40.4 Å². The number of aromatic nitrogens is 8. The van der Waals surface area contributed by atoms with E-state index in [0.29, 0.717) is 47.8 Å². The molecule has 4 heterocycles. The molecule has 1 saturated heterocycles. The van der Waals surface area contributed by atoms with Crippen LogP contribution in [-0.4, -0.2) is 103 Å². The lowest BCUT2D eigenvalue weighted by molar-refractivity contribution is 0.00502. The Kier molecular flexibility index (Phi) is 11.1. The Hall–Kier alpha value is -3.85. The summed E-state index contributed by atoms with van der Waals surface area (Å²) in [4.78, 5) is 11.8. The van der Waals surface area contributed by atoms with Gasteiger partial charge in [0, 0.05) is 50.6 Å². The predicted octanol–water partition coefficient (Wildman–Crippen LogP) is 4.81. The van der Waals surface area contributed by atoms with E-state index >= 15 is 0 Å². The van der Waals surface area contributed by atoms with Gasteiger partial charge in [-0.25, -0.2) is 14.6 Å². The molecule has 1 aliphatic carbocycles. The van der Waals surface area contributed by atoms with Crippen LogP contribution in [0.5, 0.6) is 11.6 Å². The highest BCUT2D eigenvalue weighted by atomic mass is 35.5. The average molecular weight is 667 g/mol. The maximum absolute atomic E-state index is 6.46. The molecule has 6 rings (SSSR count). The van der Waals surface area contributed by atoms with Crippen LogP contribution in [0.3, 0.4) is 0 Å².